The quantitative estimate of drug-likeness (QED) is 0.477. The Labute approximate surface area is 160 Å². The lowest BCUT2D eigenvalue weighted by atomic mass is 9.94. The van der Waals surface area contributed by atoms with Gasteiger partial charge in [0.1, 0.15) is 9.23 Å². The first-order chi connectivity index (χ1) is 11.6. The Morgan fingerprint density at radius 2 is 1.96 bits per heavy atom. The number of carbonyl (C=O) groups excluding carboxylic acids is 1. The number of amides is 1. The number of halogens is 1. The van der Waals surface area contributed by atoms with Crippen molar-refractivity contribution < 1.29 is 4.79 Å². The van der Waals surface area contributed by atoms with Crippen molar-refractivity contribution in [1.82, 2.24) is 4.90 Å². The van der Waals surface area contributed by atoms with E-state index in [1.54, 1.807) is 11.8 Å². The van der Waals surface area contributed by atoms with E-state index >= 15 is 0 Å². The fourth-order valence-corrected chi connectivity index (χ4v) is 6.35. The predicted octanol–water partition coefficient (Wildman–Crippen LogP) is 5.24. The topological polar surface area (TPSA) is 23.6 Å². The molecule has 1 saturated heterocycles. The van der Waals surface area contributed by atoms with Crippen LogP contribution in [0, 0.1) is 0 Å². The lowest BCUT2D eigenvalue weighted by Crippen LogP contribution is -2.40. The Morgan fingerprint density at radius 3 is 2.71 bits per heavy atom. The molecule has 0 spiro atoms. The Balaban J connectivity index is 1.66. The number of carbonyl (C=O) groups is 1. The van der Waals surface area contributed by atoms with Crippen molar-refractivity contribution in [2.75, 3.05) is 11.9 Å². The molecule has 1 aromatic rings. The Bertz CT molecular complexity index is 758. The lowest BCUT2D eigenvalue weighted by Gasteiger charge is -2.30. The first-order valence-electron chi connectivity index (χ1n) is 8.07. The smallest absolute Gasteiger partial charge is 0.269 e. The number of thiocarbonyl (C=S) groups is 1. The molecule has 0 atom stereocenters. The maximum Gasteiger partial charge on any atom is 0.269 e. The van der Waals surface area contributed by atoms with Gasteiger partial charge >= 0.3 is 0 Å². The van der Waals surface area contributed by atoms with E-state index in [1.165, 1.54) is 31.0 Å². The highest BCUT2D eigenvalue weighted by Gasteiger charge is 2.41. The summed E-state index contributed by atoms with van der Waals surface area (Å²) in [6.45, 7) is 0. The summed E-state index contributed by atoms with van der Waals surface area (Å²) in [4.78, 5) is 18.9. The van der Waals surface area contributed by atoms with E-state index in [0.717, 1.165) is 33.4 Å². The van der Waals surface area contributed by atoms with Crippen LogP contribution in [0.1, 0.15) is 32.1 Å². The molecular weight excluding hydrogens is 380 g/mol. The molecule has 0 unspecified atom stereocenters. The molecule has 1 aliphatic carbocycles. The molecule has 1 aromatic carbocycles. The number of fused-ring (bicyclic) bond motifs is 1. The number of benzene rings is 1. The van der Waals surface area contributed by atoms with Crippen LogP contribution in [-0.2, 0) is 4.79 Å². The maximum absolute atomic E-state index is 13.1. The van der Waals surface area contributed by atoms with Gasteiger partial charge < -0.3 is 4.90 Å². The fourth-order valence-electron chi connectivity index (χ4n) is 3.48. The van der Waals surface area contributed by atoms with E-state index in [1.807, 2.05) is 30.1 Å². The second-order valence-corrected chi connectivity index (χ2v) is 9.35. The monoisotopic (exact) mass is 396 g/mol. The van der Waals surface area contributed by atoms with Crippen LogP contribution in [0.25, 0.3) is 0 Å². The fraction of sp³-hybridized carbons (Fsp3) is 0.412. The van der Waals surface area contributed by atoms with Gasteiger partial charge in [0.2, 0.25) is 0 Å². The van der Waals surface area contributed by atoms with Crippen LogP contribution in [0.5, 0.6) is 0 Å². The first kappa shape index (κ1) is 16.8. The number of rotatable bonds is 1. The van der Waals surface area contributed by atoms with Crippen LogP contribution in [0.2, 0.25) is 5.02 Å². The molecule has 24 heavy (non-hydrogen) atoms. The first-order valence-corrected chi connectivity index (χ1v) is 10.5. The highest BCUT2D eigenvalue weighted by atomic mass is 35.5. The molecule has 0 radical (unpaired) electrons. The molecular formula is C17H17ClN2OS3. The molecule has 7 heteroatoms. The standard InChI is InChI=1S/C17H17ClN2OS3/c1-19-12-9-10(18)7-8-13(12)23-16(19)14-15(21)20(17(22)24-14)11-5-3-2-4-6-11/h7-9,11H,2-6H2,1H3/b16-14+. The van der Waals surface area contributed by atoms with E-state index in [0.29, 0.717) is 9.34 Å². The summed E-state index contributed by atoms with van der Waals surface area (Å²) >= 11 is 14.7. The van der Waals surface area contributed by atoms with E-state index < -0.39 is 0 Å². The molecule has 3 nitrogen and oxygen atoms in total. The summed E-state index contributed by atoms with van der Waals surface area (Å²) in [6.07, 6.45) is 5.77. The zero-order valence-corrected chi connectivity index (χ0v) is 16.5. The van der Waals surface area contributed by atoms with Gasteiger partial charge in [0.05, 0.1) is 10.7 Å². The molecule has 0 N–H and O–H groups in total. The van der Waals surface area contributed by atoms with Crippen LogP contribution in [-0.4, -0.2) is 28.2 Å². The molecule has 0 aromatic heterocycles. The van der Waals surface area contributed by atoms with Gasteiger partial charge in [-0.3, -0.25) is 9.69 Å². The third kappa shape index (κ3) is 2.77. The van der Waals surface area contributed by atoms with E-state index in [-0.39, 0.29) is 11.9 Å². The van der Waals surface area contributed by atoms with Crippen molar-refractivity contribution >= 4 is 63.3 Å². The molecule has 1 saturated carbocycles. The molecule has 3 aliphatic rings. The van der Waals surface area contributed by atoms with Crippen molar-refractivity contribution in [3.63, 3.8) is 0 Å². The SMILES string of the molecule is CN1/C(=C2\SC(=S)N(C3CCCCC3)C2=O)Sc2ccc(Cl)cc21. The average Bonchev–Trinajstić information content (AvgIpc) is 3.05. The molecule has 2 aliphatic heterocycles. The van der Waals surface area contributed by atoms with Crippen molar-refractivity contribution in [3.05, 3.63) is 33.2 Å². The van der Waals surface area contributed by atoms with Gasteiger partial charge in [0, 0.05) is 23.0 Å². The zero-order chi connectivity index (χ0) is 16.8. The maximum atomic E-state index is 13.1. The highest BCUT2D eigenvalue weighted by molar-refractivity contribution is 8.27. The Kier molecular flexibility index (Phi) is 4.58. The number of hydrogen-bond acceptors (Lipinski definition) is 5. The van der Waals surface area contributed by atoms with Gasteiger partial charge in [-0.2, -0.15) is 0 Å². The summed E-state index contributed by atoms with van der Waals surface area (Å²) < 4.78 is 0.706. The summed E-state index contributed by atoms with van der Waals surface area (Å²) in [5.41, 5.74) is 1.05. The second kappa shape index (κ2) is 6.56. The highest BCUT2D eigenvalue weighted by Crippen LogP contribution is 2.51. The van der Waals surface area contributed by atoms with E-state index in [2.05, 4.69) is 4.90 Å². The van der Waals surface area contributed by atoms with Gasteiger partial charge in [0.15, 0.2) is 0 Å². The molecule has 0 bridgehead atoms. The average molecular weight is 397 g/mol. The Hall–Kier alpha value is -0.690. The molecule has 1 amide bonds. The summed E-state index contributed by atoms with van der Waals surface area (Å²) in [7, 11) is 1.98. The van der Waals surface area contributed by atoms with Crippen molar-refractivity contribution in [3.8, 4) is 0 Å². The van der Waals surface area contributed by atoms with Crippen LogP contribution >= 0.6 is 47.3 Å². The van der Waals surface area contributed by atoms with Crippen LogP contribution in [0.4, 0.5) is 5.69 Å². The van der Waals surface area contributed by atoms with Gasteiger partial charge in [-0.1, -0.05) is 66.6 Å². The third-order valence-corrected chi connectivity index (χ3v) is 7.72. The predicted molar refractivity (Wildman–Crippen MR) is 107 cm³/mol. The second-order valence-electron chi connectivity index (χ2n) is 6.24. The van der Waals surface area contributed by atoms with Crippen LogP contribution in [0.15, 0.2) is 33.0 Å². The van der Waals surface area contributed by atoms with Gasteiger partial charge in [-0.25, -0.2) is 0 Å². The van der Waals surface area contributed by atoms with Crippen molar-refractivity contribution in [2.45, 2.75) is 43.0 Å². The van der Waals surface area contributed by atoms with Crippen LogP contribution < -0.4 is 4.90 Å². The Morgan fingerprint density at radius 1 is 1.21 bits per heavy atom. The minimum Gasteiger partial charge on any atom is -0.337 e. The number of thioether (sulfide) groups is 2. The van der Waals surface area contributed by atoms with E-state index in [4.69, 9.17) is 23.8 Å². The van der Waals surface area contributed by atoms with E-state index in [9.17, 15) is 4.79 Å². The van der Waals surface area contributed by atoms with Crippen molar-refractivity contribution in [2.24, 2.45) is 0 Å². The minimum absolute atomic E-state index is 0.0742. The van der Waals surface area contributed by atoms with Gasteiger partial charge in [-0.15, -0.1) is 0 Å². The van der Waals surface area contributed by atoms with Gasteiger partial charge in [0.25, 0.3) is 5.91 Å². The lowest BCUT2D eigenvalue weighted by molar-refractivity contribution is -0.124. The zero-order valence-electron chi connectivity index (χ0n) is 13.3. The third-order valence-electron chi connectivity index (χ3n) is 4.73. The summed E-state index contributed by atoms with van der Waals surface area (Å²) in [5, 5.41) is 1.67. The molecule has 2 heterocycles. The summed E-state index contributed by atoms with van der Waals surface area (Å²) in [6, 6.07) is 6.11. The number of anilines is 1. The number of hydrogen-bond donors (Lipinski definition) is 0. The summed E-state index contributed by atoms with van der Waals surface area (Å²) in [5.74, 6) is 0.0742. The van der Waals surface area contributed by atoms with Crippen molar-refractivity contribution in [1.29, 1.82) is 0 Å². The molecule has 126 valence electrons. The number of nitrogens with zero attached hydrogens (tertiary/aromatic N) is 2. The molecule has 2 fully saturated rings. The van der Waals surface area contributed by atoms with Crippen LogP contribution in [0.3, 0.4) is 0 Å². The molecule has 4 rings (SSSR count). The normalized spacial score (nSPS) is 24.9. The van der Waals surface area contributed by atoms with Gasteiger partial charge in [-0.05, 0) is 31.0 Å². The largest absolute Gasteiger partial charge is 0.337 e. The minimum atomic E-state index is 0.0742.